The molecule has 1 aliphatic rings. The first-order chi connectivity index (χ1) is 10.5. The van der Waals surface area contributed by atoms with Crippen LogP contribution < -0.4 is 0 Å². The maximum atomic E-state index is 12.1. The van der Waals surface area contributed by atoms with Crippen LogP contribution in [0.25, 0.3) is 0 Å². The first-order valence-electron chi connectivity index (χ1n) is 7.40. The largest absolute Gasteiger partial charge is 0.508 e. The van der Waals surface area contributed by atoms with Crippen LogP contribution in [0, 0.1) is 0 Å². The SMILES string of the molecule is C[C@@H](CN1C(=O)O[C@@H](C(C)(C)O)[C@@H]1C)c1c(O)ccc(Cl)c1Cl. The van der Waals surface area contributed by atoms with Crippen LogP contribution in [-0.4, -0.2) is 45.5 Å². The molecule has 128 valence electrons. The van der Waals surface area contributed by atoms with E-state index in [9.17, 15) is 15.0 Å². The van der Waals surface area contributed by atoms with Crippen LogP contribution in [0.5, 0.6) is 5.75 Å². The summed E-state index contributed by atoms with van der Waals surface area (Å²) >= 11 is 12.2. The Balaban J connectivity index is 2.23. The molecule has 2 N–H and O–H groups in total. The number of halogens is 2. The number of ether oxygens (including phenoxy) is 1. The lowest BCUT2D eigenvalue weighted by Gasteiger charge is -2.29. The van der Waals surface area contributed by atoms with E-state index in [0.29, 0.717) is 17.1 Å². The van der Waals surface area contributed by atoms with Gasteiger partial charge in [-0.2, -0.15) is 0 Å². The fourth-order valence-corrected chi connectivity index (χ4v) is 3.50. The fourth-order valence-electron chi connectivity index (χ4n) is 2.99. The van der Waals surface area contributed by atoms with E-state index < -0.39 is 17.8 Å². The van der Waals surface area contributed by atoms with Gasteiger partial charge in [-0.05, 0) is 32.9 Å². The zero-order valence-electron chi connectivity index (χ0n) is 13.5. The number of phenols is 1. The van der Waals surface area contributed by atoms with Gasteiger partial charge in [0, 0.05) is 18.0 Å². The number of hydrogen-bond acceptors (Lipinski definition) is 4. The second-order valence-electron chi connectivity index (χ2n) is 6.55. The number of carbonyl (C=O) groups excluding carboxylic acids is 1. The molecule has 0 unspecified atom stereocenters. The topological polar surface area (TPSA) is 70.0 Å². The highest BCUT2D eigenvalue weighted by molar-refractivity contribution is 6.42. The Labute approximate surface area is 145 Å². The first kappa shape index (κ1) is 18.2. The number of rotatable bonds is 4. The van der Waals surface area contributed by atoms with Crippen molar-refractivity contribution in [2.45, 2.75) is 51.4 Å². The van der Waals surface area contributed by atoms with Gasteiger partial charge in [-0.3, -0.25) is 0 Å². The molecule has 5 nitrogen and oxygen atoms in total. The average molecular weight is 362 g/mol. The van der Waals surface area contributed by atoms with Gasteiger partial charge in [0.05, 0.1) is 21.7 Å². The lowest BCUT2D eigenvalue weighted by Crippen LogP contribution is -2.45. The minimum Gasteiger partial charge on any atom is -0.508 e. The number of carbonyl (C=O) groups is 1. The number of hydrogen-bond donors (Lipinski definition) is 2. The molecular weight excluding hydrogens is 341 g/mol. The third-order valence-corrected chi connectivity index (χ3v) is 4.98. The van der Waals surface area contributed by atoms with Crippen molar-refractivity contribution < 1.29 is 19.7 Å². The number of amides is 1. The monoisotopic (exact) mass is 361 g/mol. The van der Waals surface area contributed by atoms with E-state index in [4.69, 9.17) is 27.9 Å². The molecule has 1 aliphatic heterocycles. The Hall–Kier alpha value is -1.17. The van der Waals surface area contributed by atoms with Crippen LogP contribution in [-0.2, 0) is 4.74 Å². The Bertz CT molecular complexity index is 615. The third kappa shape index (κ3) is 3.52. The minimum absolute atomic E-state index is 0.0335. The summed E-state index contributed by atoms with van der Waals surface area (Å²) < 4.78 is 5.29. The second kappa shape index (κ2) is 6.38. The molecule has 3 atom stereocenters. The highest BCUT2D eigenvalue weighted by atomic mass is 35.5. The van der Waals surface area contributed by atoms with E-state index in [-0.39, 0.29) is 22.7 Å². The molecular formula is C16H21Cl2NO4. The number of nitrogens with zero attached hydrogens (tertiary/aromatic N) is 1. The van der Waals surface area contributed by atoms with Crippen molar-refractivity contribution >= 4 is 29.3 Å². The quantitative estimate of drug-likeness (QED) is 0.855. The standard InChI is InChI=1S/C16H21Cl2NO4/c1-8(12-11(20)6-5-10(17)13(12)18)7-19-9(2)14(16(3,4)22)23-15(19)21/h5-6,8-9,14,20,22H,7H2,1-4H3/t8-,9-,14+/m0/s1. The van der Waals surface area contributed by atoms with E-state index >= 15 is 0 Å². The maximum Gasteiger partial charge on any atom is 0.410 e. The number of phenolic OH excluding ortho intramolecular Hbond substituents is 1. The average Bonchev–Trinajstić information content (AvgIpc) is 2.71. The van der Waals surface area contributed by atoms with Crippen LogP contribution in [0.4, 0.5) is 4.79 Å². The number of aromatic hydroxyl groups is 1. The molecule has 2 rings (SSSR count). The van der Waals surface area contributed by atoms with Crippen LogP contribution in [0.2, 0.25) is 10.0 Å². The van der Waals surface area contributed by atoms with Gasteiger partial charge in [0.15, 0.2) is 6.10 Å². The zero-order valence-corrected chi connectivity index (χ0v) is 15.0. The molecule has 1 aromatic carbocycles. The smallest absolute Gasteiger partial charge is 0.410 e. The third-order valence-electron chi connectivity index (χ3n) is 4.16. The molecule has 1 heterocycles. The lowest BCUT2D eigenvalue weighted by atomic mass is 9.94. The van der Waals surface area contributed by atoms with Gasteiger partial charge in [-0.15, -0.1) is 0 Å². The summed E-state index contributed by atoms with van der Waals surface area (Å²) in [5, 5.41) is 20.8. The van der Waals surface area contributed by atoms with Crippen molar-refractivity contribution in [3.05, 3.63) is 27.7 Å². The molecule has 0 bridgehead atoms. The van der Waals surface area contributed by atoms with E-state index in [1.54, 1.807) is 13.8 Å². The Kier molecular flexibility index (Phi) is 5.04. The molecule has 0 aliphatic carbocycles. The predicted molar refractivity (Wildman–Crippen MR) is 89.3 cm³/mol. The molecule has 0 spiro atoms. The molecule has 1 fully saturated rings. The van der Waals surface area contributed by atoms with Crippen molar-refractivity contribution in [3.63, 3.8) is 0 Å². The Morgan fingerprint density at radius 3 is 2.52 bits per heavy atom. The molecule has 7 heteroatoms. The summed E-state index contributed by atoms with van der Waals surface area (Å²) in [6.45, 7) is 7.16. The van der Waals surface area contributed by atoms with Crippen molar-refractivity contribution in [1.82, 2.24) is 4.90 Å². The molecule has 0 radical (unpaired) electrons. The lowest BCUT2D eigenvalue weighted by molar-refractivity contribution is -0.0443. The first-order valence-corrected chi connectivity index (χ1v) is 8.16. The predicted octanol–water partition coefficient (Wildman–Crippen LogP) is 3.78. The fraction of sp³-hybridized carbons (Fsp3) is 0.562. The van der Waals surface area contributed by atoms with Crippen LogP contribution in [0.1, 0.15) is 39.2 Å². The van der Waals surface area contributed by atoms with E-state index in [0.717, 1.165) is 0 Å². The van der Waals surface area contributed by atoms with Gasteiger partial charge in [0.2, 0.25) is 0 Å². The van der Waals surface area contributed by atoms with Gasteiger partial charge in [-0.1, -0.05) is 30.1 Å². The molecule has 1 amide bonds. The zero-order chi connectivity index (χ0) is 17.5. The normalized spacial score (nSPS) is 23.1. The van der Waals surface area contributed by atoms with E-state index in [2.05, 4.69) is 0 Å². The number of aliphatic hydroxyl groups is 1. The van der Waals surface area contributed by atoms with Gasteiger partial charge in [0.25, 0.3) is 0 Å². The maximum absolute atomic E-state index is 12.1. The summed E-state index contributed by atoms with van der Waals surface area (Å²) in [6, 6.07) is 2.70. The molecule has 0 aromatic heterocycles. The molecule has 1 aromatic rings. The summed E-state index contributed by atoms with van der Waals surface area (Å²) in [6.07, 6.45) is -1.11. The van der Waals surface area contributed by atoms with Crippen LogP contribution in [0.15, 0.2) is 12.1 Å². The van der Waals surface area contributed by atoms with Gasteiger partial charge < -0.3 is 19.8 Å². The summed E-state index contributed by atoms with van der Waals surface area (Å²) in [5.74, 6) is -0.220. The van der Waals surface area contributed by atoms with Gasteiger partial charge in [0.1, 0.15) is 5.75 Å². The van der Waals surface area contributed by atoms with E-state index in [1.807, 2.05) is 13.8 Å². The summed E-state index contributed by atoms with van der Waals surface area (Å²) in [4.78, 5) is 13.6. The Morgan fingerprint density at radius 1 is 1.39 bits per heavy atom. The summed E-state index contributed by atoms with van der Waals surface area (Å²) in [5.41, 5.74) is -0.644. The van der Waals surface area contributed by atoms with Gasteiger partial charge in [-0.25, -0.2) is 4.79 Å². The van der Waals surface area contributed by atoms with Gasteiger partial charge >= 0.3 is 6.09 Å². The summed E-state index contributed by atoms with van der Waals surface area (Å²) in [7, 11) is 0. The molecule has 23 heavy (non-hydrogen) atoms. The van der Waals surface area contributed by atoms with Crippen LogP contribution >= 0.6 is 23.2 Å². The second-order valence-corrected chi connectivity index (χ2v) is 7.33. The number of benzene rings is 1. The molecule has 0 saturated carbocycles. The number of cyclic esters (lactones) is 1. The van der Waals surface area contributed by atoms with Crippen molar-refractivity contribution in [2.75, 3.05) is 6.54 Å². The highest BCUT2D eigenvalue weighted by Crippen LogP contribution is 2.39. The van der Waals surface area contributed by atoms with E-state index in [1.165, 1.54) is 17.0 Å². The highest BCUT2D eigenvalue weighted by Gasteiger charge is 2.46. The van der Waals surface area contributed by atoms with Crippen LogP contribution in [0.3, 0.4) is 0 Å². The molecule has 1 saturated heterocycles. The van der Waals surface area contributed by atoms with Crippen molar-refractivity contribution in [1.29, 1.82) is 0 Å². The van der Waals surface area contributed by atoms with Crippen molar-refractivity contribution in [2.24, 2.45) is 0 Å². The van der Waals surface area contributed by atoms with Crippen molar-refractivity contribution in [3.8, 4) is 5.75 Å². The Morgan fingerprint density at radius 2 is 2.00 bits per heavy atom. The minimum atomic E-state index is -1.14.